The third kappa shape index (κ3) is 4.09. The summed E-state index contributed by atoms with van der Waals surface area (Å²) < 4.78 is 11.0. The molecule has 100 valence electrons. The lowest BCUT2D eigenvalue weighted by Crippen LogP contribution is -2.41. The van der Waals surface area contributed by atoms with Gasteiger partial charge in [0.2, 0.25) is 0 Å². The van der Waals surface area contributed by atoms with Crippen LogP contribution in [0.15, 0.2) is 60.7 Å². The molecule has 0 bridgehead atoms. The van der Waals surface area contributed by atoms with Gasteiger partial charge in [-0.15, -0.1) is 0 Å². The first-order valence-corrected chi connectivity index (χ1v) is 6.36. The zero-order valence-corrected chi connectivity index (χ0v) is 11.0. The molecule has 1 unspecified atom stereocenters. The first kappa shape index (κ1) is 13.6. The Kier molecular flexibility index (Phi) is 4.55. The van der Waals surface area contributed by atoms with E-state index in [1.165, 1.54) is 0 Å². The van der Waals surface area contributed by atoms with Crippen LogP contribution in [0.1, 0.15) is 12.5 Å². The van der Waals surface area contributed by atoms with Gasteiger partial charge in [-0.1, -0.05) is 48.5 Å². The van der Waals surface area contributed by atoms with Crippen molar-refractivity contribution >= 4 is 0 Å². The van der Waals surface area contributed by atoms with Crippen LogP contribution >= 0.6 is 0 Å². The Bertz CT molecular complexity index is 440. The lowest BCUT2D eigenvalue weighted by molar-refractivity contribution is -0.316. The molecule has 2 aromatic carbocycles. The topological polar surface area (TPSA) is 38.7 Å². The van der Waals surface area contributed by atoms with Crippen molar-refractivity contribution in [3.63, 3.8) is 0 Å². The number of ether oxygens (including phenoxy) is 2. The minimum Gasteiger partial charge on any atom is -0.439 e. The van der Waals surface area contributed by atoms with E-state index in [1.54, 1.807) is 12.1 Å². The summed E-state index contributed by atoms with van der Waals surface area (Å²) in [5.41, 5.74) is 0.953. The fourth-order valence-electron chi connectivity index (χ4n) is 1.87. The molecule has 1 N–H and O–H groups in total. The van der Waals surface area contributed by atoms with E-state index in [1.807, 2.05) is 55.5 Å². The van der Waals surface area contributed by atoms with Gasteiger partial charge in [-0.05, 0) is 24.6 Å². The number of hydrogen-bond acceptors (Lipinski definition) is 3. The molecule has 0 amide bonds. The predicted octanol–water partition coefficient (Wildman–Crippen LogP) is 2.99. The molecule has 0 heterocycles. The summed E-state index contributed by atoms with van der Waals surface area (Å²) >= 11 is 0. The lowest BCUT2D eigenvalue weighted by Gasteiger charge is -2.28. The summed E-state index contributed by atoms with van der Waals surface area (Å²) in [6, 6.07) is 18.8. The molecule has 0 spiro atoms. The monoisotopic (exact) mass is 258 g/mol. The second-order valence-electron chi connectivity index (χ2n) is 4.22. The van der Waals surface area contributed by atoms with Crippen LogP contribution in [0.4, 0.5) is 0 Å². The highest BCUT2D eigenvalue weighted by Gasteiger charge is 2.30. The van der Waals surface area contributed by atoms with Crippen molar-refractivity contribution in [1.82, 2.24) is 0 Å². The molecule has 3 nitrogen and oxygen atoms in total. The molecule has 0 aliphatic heterocycles. The van der Waals surface area contributed by atoms with Crippen molar-refractivity contribution in [1.29, 1.82) is 0 Å². The second-order valence-corrected chi connectivity index (χ2v) is 4.22. The molecule has 2 rings (SSSR count). The number of benzene rings is 2. The summed E-state index contributed by atoms with van der Waals surface area (Å²) in [6.07, 6.45) is 0.274. The number of para-hydroxylation sites is 1. The molecule has 0 saturated heterocycles. The molecule has 0 saturated carbocycles. The van der Waals surface area contributed by atoms with E-state index in [0.717, 1.165) is 5.56 Å². The van der Waals surface area contributed by atoms with E-state index >= 15 is 0 Å². The smallest absolute Gasteiger partial charge is 0.328 e. The molecule has 19 heavy (non-hydrogen) atoms. The zero-order chi connectivity index (χ0) is 13.6. The highest BCUT2D eigenvalue weighted by Crippen LogP contribution is 2.21. The molecule has 1 atom stereocenters. The van der Waals surface area contributed by atoms with Gasteiger partial charge in [-0.25, -0.2) is 0 Å². The molecule has 0 aliphatic rings. The summed E-state index contributed by atoms with van der Waals surface area (Å²) in [5, 5.41) is 10.5. The Hall–Kier alpha value is -1.84. The Morgan fingerprint density at radius 3 is 2.11 bits per heavy atom. The van der Waals surface area contributed by atoms with Gasteiger partial charge in [-0.2, -0.15) is 0 Å². The standard InChI is InChI=1S/C16H18O3/c1-2-18-16(17,13-14-9-5-3-6-10-14)19-15-11-7-4-8-12-15/h3-12,17H,2,13H2,1H3. The van der Waals surface area contributed by atoms with Crippen LogP contribution in [0, 0.1) is 0 Å². The highest BCUT2D eigenvalue weighted by molar-refractivity contribution is 5.22. The van der Waals surface area contributed by atoms with E-state index in [0.29, 0.717) is 12.4 Å². The molecule has 0 fully saturated rings. The second kappa shape index (κ2) is 6.36. The largest absolute Gasteiger partial charge is 0.439 e. The zero-order valence-electron chi connectivity index (χ0n) is 11.0. The van der Waals surface area contributed by atoms with Crippen molar-refractivity contribution < 1.29 is 14.6 Å². The normalized spacial score (nSPS) is 13.8. The van der Waals surface area contributed by atoms with Gasteiger partial charge in [0.1, 0.15) is 5.75 Å². The molecule has 0 aromatic heterocycles. The molecule has 2 aromatic rings. The van der Waals surface area contributed by atoms with Gasteiger partial charge in [0.15, 0.2) is 0 Å². The molecule has 0 aliphatic carbocycles. The van der Waals surface area contributed by atoms with Crippen LogP contribution in [0.25, 0.3) is 0 Å². The van der Waals surface area contributed by atoms with Gasteiger partial charge >= 0.3 is 5.97 Å². The average molecular weight is 258 g/mol. The van der Waals surface area contributed by atoms with Gasteiger partial charge in [-0.3, -0.25) is 0 Å². The maximum absolute atomic E-state index is 10.5. The van der Waals surface area contributed by atoms with Crippen LogP contribution < -0.4 is 4.74 Å². The van der Waals surface area contributed by atoms with E-state index in [2.05, 4.69) is 0 Å². The SMILES string of the molecule is CCOC(O)(Cc1ccccc1)Oc1ccccc1. The van der Waals surface area contributed by atoms with Gasteiger partial charge < -0.3 is 14.6 Å². The predicted molar refractivity (Wildman–Crippen MR) is 73.8 cm³/mol. The van der Waals surface area contributed by atoms with Crippen LogP contribution in [0.3, 0.4) is 0 Å². The fourth-order valence-corrected chi connectivity index (χ4v) is 1.87. The maximum Gasteiger partial charge on any atom is 0.328 e. The van der Waals surface area contributed by atoms with Crippen LogP contribution in [0.2, 0.25) is 0 Å². The van der Waals surface area contributed by atoms with Gasteiger partial charge in [0.25, 0.3) is 0 Å². The Morgan fingerprint density at radius 2 is 1.53 bits per heavy atom. The number of aliphatic hydroxyl groups is 1. The Morgan fingerprint density at radius 1 is 0.947 bits per heavy atom. The van der Waals surface area contributed by atoms with Gasteiger partial charge in [0, 0.05) is 0 Å². The highest BCUT2D eigenvalue weighted by atomic mass is 16.8. The van der Waals surface area contributed by atoms with Crippen LogP contribution in [-0.2, 0) is 11.2 Å². The van der Waals surface area contributed by atoms with Crippen molar-refractivity contribution in [2.75, 3.05) is 6.61 Å². The molecular formula is C16H18O3. The van der Waals surface area contributed by atoms with E-state index in [9.17, 15) is 5.11 Å². The third-order valence-electron chi connectivity index (χ3n) is 2.66. The first-order valence-electron chi connectivity index (χ1n) is 6.36. The van der Waals surface area contributed by atoms with Crippen molar-refractivity contribution in [3.05, 3.63) is 66.2 Å². The quantitative estimate of drug-likeness (QED) is 0.809. The van der Waals surface area contributed by atoms with Crippen molar-refractivity contribution in [2.45, 2.75) is 19.3 Å². The van der Waals surface area contributed by atoms with Crippen molar-refractivity contribution in [2.24, 2.45) is 0 Å². The maximum atomic E-state index is 10.5. The first-order chi connectivity index (χ1) is 9.22. The fraction of sp³-hybridized carbons (Fsp3) is 0.250. The van der Waals surface area contributed by atoms with E-state index in [-0.39, 0.29) is 6.42 Å². The molecule has 3 heteroatoms. The molecular weight excluding hydrogens is 240 g/mol. The summed E-state index contributed by atoms with van der Waals surface area (Å²) in [7, 11) is 0. The summed E-state index contributed by atoms with van der Waals surface area (Å²) in [6.45, 7) is 2.19. The summed E-state index contributed by atoms with van der Waals surface area (Å²) in [4.78, 5) is 0. The average Bonchev–Trinajstić information content (AvgIpc) is 2.41. The van der Waals surface area contributed by atoms with E-state index < -0.39 is 5.97 Å². The minimum atomic E-state index is -1.64. The minimum absolute atomic E-state index is 0.274. The lowest BCUT2D eigenvalue weighted by atomic mass is 10.1. The number of hydrogen-bond donors (Lipinski definition) is 1. The van der Waals surface area contributed by atoms with E-state index in [4.69, 9.17) is 9.47 Å². The molecule has 0 radical (unpaired) electrons. The van der Waals surface area contributed by atoms with Gasteiger partial charge in [0.05, 0.1) is 13.0 Å². The van der Waals surface area contributed by atoms with Crippen LogP contribution in [0.5, 0.6) is 5.75 Å². The Balaban J connectivity index is 2.13. The van der Waals surface area contributed by atoms with Crippen molar-refractivity contribution in [3.8, 4) is 5.75 Å². The number of rotatable bonds is 6. The Labute approximate surface area is 113 Å². The summed E-state index contributed by atoms with van der Waals surface area (Å²) in [5.74, 6) is -1.06. The van der Waals surface area contributed by atoms with Crippen LogP contribution in [-0.4, -0.2) is 17.7 Å². The third-order valence-corrected chi connectivity index (χ3v) is 2.66.